The fraction of sp³-hybridized carbons (Fsp3) is 0.647. The lowest BCUT2D eigenvalue weighted by atomic mass is 9.95. The van der Waals surface area contributed by atoms with Crippen molar-refractivity contribution in [3.63, 3.8) is 0 Å². The van der Waals surface area contributed by atoms with E-state index in [4.69, 9.17) is 0 Å². The molecule has 2 nitrogen and oxygen atoms in total. The van der Waals surface area contributed by atoms with E-state index in [-0.39, 0.29) is 5.82 Å². The number of piperidine rings is 1. The van der Waals surface area contributed by atoms with Crippen LogP contribution < -0.4 is 5.32 Å². The smallest absolute Gasteiger partial charge is 0.123 e. The van der Waals surface area contributed by atoms with Gasteiger partial charge in [-0.3, -0.25) is 0 Å². The Hall–Kier alpha value is -0.930. The minimum atomic E-state index is -0.140. The maximum atomic E-state index is 13.1. The molecule has 1 saturated heterocycles. The Bertz CT molecular complexity index is 419. The first-order valence-corrected chi connectivity index (χ1v) is 7.90. The van der Waals surface area contributed by atoms with E-state index in [1.54, 1.807) is 12.1 Å². The molecule has 1 heterocycles. The van der Waals surface area contributed by atoms with Crippen LogP contribution in [-0.2, 0) is 0 Å². The molecule has 1 saturated carbocycles. The monoisotopic (exact) mass is 276 g/mol. The predicted octanol–water partition coefficient (Wildman–Crippen LogP) is 3.21. The van der Waals surface area contributed by atoms with Crippen molar-refractivity contribution in [3.8, 4) is 0 Å². The number of likely N-dealkylation sites (tertiary alicyclic amines) is 1. The Balaban J connectivity index is 1.56. The molecule has 1 N–H and O–H groups in total. The van der Waals surface area contributed by atoms with Gasteiger partial charge in [0.2, 0.25) is 0 Å². The number of nitrogens with one attached hydrogen (secondary N) is 1. The molecule has 0 amide bonds. The van der Waals surface area contributed by atoms with Crippen LogP contribution in [0.4, 0.5) is 4.39 Å². The van der Waals surface area contributed by atoms with Gasteiger partial charge in [-0.05, 0) is 81.9 Å². The standard InChI is InChI=1S/C17H25FN2/c1-20-10-8-13(9-11-20)12-19-17(14-2-3-14)15-4-6-16(18)7-5-15/h4-7,13-14,17,19H,2-3,8-12H2,1H3. The molecule has 0 radical (unpaired) electrons. The van der Waals surface area contributed by atoms with Crippen LogP contribution in [0.2, 0.25) is 0 Å². The van der Waals surface area contributed by atoms with Crippen molar-refractivity contribution in [2.45, 2.75) is 31.7 Å². The zero-order valence-corrected chi connectivity index (χ0v) is 12.3. The normalized spacial score (nSPS) is 22.9. The quantitative estimate of drug-likeness (QED) is 0.888. The Labute approximate surface area is 121 Å². The largest absolute Gasteiger partial charge is 0.309 e. The highest BCUT2D eigenvalue weighted by Crippen LogP contribution is 2.41. The molecule has 3 rings (SSSR count). The second-order valence-electron chi connectivity index (χ2n) is 6.52. The number of halogens is 1. The average molecular weight is 276 g/mol. The zero-order valence-electron chi connectivity index (χ0n) is 12.3. The van der Waals surface area contributed by atoms with Gasteiger partial charge in [-0.2, -0.15) is 0 Å². The van der Waals surface area contributed by atoms with Gasteiger partial charge in [-0.25, -0.2) is 4.39 Å². The third kappa shape index (κ3) is 3.58. The summed E-state index contributed by atoms with van der Waals surface area (Å²) in [5.74, 6) is 1.42. The number of nitrogens with zero attached hydrogens (tertiary/aromatic N) is 1. The van der Waals surface area contributed by atoms with E-state index in [2.05, 4.69) is 17.3 Å². The molecule has 20 heavy (non-hydrogen) atoms. The second kappa shape index (κ2) is 6.23. The summed E-state index contributed by atoms with van der Waals surface area (Å²) in [6, 6.07) is 7.49. The Morgan fingerprint density at radius 3 is 2.40 bits per heavy atom. The number of hydrogen-bond donors (Lipinski definition) is 1. The van der Waals surface area contributed by atoms with Crippen LogP contribution in [0.3, 0.4) is 0 Å². The Morgan fingerprint density at radius 2 is 1.80 bits per heavy atom. The lowest BCUT2D eigenvalue weighted by Gasteiger charge is -2.30. The van der Waals surface area contributed by atoms with Crippen molar-refractivity contribution in [3.05, 3.63) is 35.6 Å². The van der Waals surface area contributed by atoms with Crippen molar-refractivity contribution in [1.29, 1.82) is 0 Å². The fourth-order valence-corrected chi connectivity index (χ4v) is 3.22. The lowest BCUT2D eigenvalue weighted by Crippen LogP contribution is -2.36. The summed E-state index contributed by atoms with van der Waals surface area (Å²) in [4.78, 5) is 2.41. The van der Waals surface area contributed by atoms with E-state index in [0.717, 1.165) is 18.4 Å². The molecule has 3 heteroatoms. The summed E-state index contributed by atoms with van der Waals surface area (Å²) in [7, 11) is 2.20. The summed E-state index contributed by atoms with van der Waals surface area (Å²) in [5, 5.41) is 3.76. The summed E-state index contributed by atoms with van der Waals surface area (Å²) in [6.45, 7) is 3.54. The van der Waals surface area contributed by atoms with Crippen LogP contribution in [0.5, 0.6) is 0 Å². The average Bonchev–Trinajstić information content (AvgIpc) is 3.28. The van der Waals surface area contributed by atoms with Gasteiger partial charge >= 0.3 is 0 Å². The zero-order chi connectivity index (χ0) is 13.9. The van der Waals surface area contributed by atoms with Crippen LogP contribution in [0.15, 0.2) is 24.3 Å². The van der Waals surface area contributed by atoms with E-state index in [0.29, 0.717) is 6.04 Å². The van der Waals surface area contributed by atoms with Gasteiger partial charge in [0, 0.05) is 6.04 Å². The molecule has 1 aromatic rings. The van der Waals surface area contributed by atoms with Gasteiger partial charge in [0.05, 0.1) is 0 Å². The Morgan fingerprint density at radius 1 is 1.15 bits per heavy atom. The van der Waals surface area contributed by atoms with Gasteiger partial charge in [-0.1, -0.05) is 12.1 Å². The van der Waals surface area contributed by atoms with Crippen molar-refractivity contribution in [1.82, 2.24) is 10.2 Å². The molecule has 0 spiro atoms. The minimum absolute atomic E-state index is 0.140. The summed E-state index contributed by atoms with van der Waals surface area (Å²) in [5.41, 5.74) is 1.25. The van der Waals surface area contributed by atoms with E-state index >= 15 is 0 Å². The highest BCUT2D eigenvalue weighted by Gasteiger charge is 2.32. The van der Waals surface area contributed by atoms with Gasteiger partial charge in [0.1, 0.15) is 5.82 Å². The molecule has 1 aromatic carbocycles. The molecule has 1 unspecified atom stereocenters. The minimum Gasteiger partial charge on any atom is -0.309 e. The second-order valence-corrected chi connectivity index (χ2v) is 6.52. The van der Waals surface area contributed by atoms with E-state index in [1.807, 2.05) is 12.1 Å². The van der Waals surface area contributed by atoms with Crippen LogP contribution >= 0.6 is 0 Å². The van der Waals surface area contributed by atoms with Crippen LogP contribution in [-0.4, -0.2) is 31.6 Å². The fourth-order valence-electron chi connectivity index (χ4n) is 3.22. The molecule has 1 atom stereocenters. The van der Waals surface area contributed by atoms with Gasteiger partial charge in [-0.15, -0.1) is 0 Å². The van der Waals surface area contributed by atoms with Crippen molar-refractivity contribution < 1.29 is 4.39 Å². The number of benzene rings is 1. The van der Waals surface area contributed by atoms with E-state index < -0.39 is 0 Å². The first kappa shape index (κ1) is 14.0. The Kier molecular flexibility index (Phi) is 4.37. The van der Waals surface area contributed by atoms with E-state index in [9.17, 15) is 4.39 Å². The molecule has 0 aromatic heterocycles. The predicted molar refractivity (Wildman–Crippen MR) is 80.1 cm³/mol. The molecule has 2 aliphatic rings. The van der Waals surface area contributed by atoms with Crippen LogP contribution in [0.1, 0.15) is 37.3 Å². The molecule has 1 aliphatic heterocycles. The SMILES string of the molecule is CN1CCC(CNC(c2ccc(F)cc2)C2CC2)CC1. The molecular formula is C17H25FN2. The molecule has 0 bridgehead atoms. The van der Waals surface area contributed by atoms with E-state index in [1.165, 1.54) is 44.3 Å². The molecule has 1 aliphatic carbocycles. The first-order chi connectivity index (χ1) is 9.72. The lowest BCUT2D eigenvalue weighted by molar-refractivity contribution is 0.211. The van der Waals surface area contributed by atoms with Crippen LogP contribution in [0.25, 0.3) is 0 Å². The van der Waals surface area contributed by atoms with Crippen molar-refractivity contribution in [2.75, 3.05) is 26.7 Å². The maximum Gasteiger partial charge on any atom is 0.123 e. The highest BCUT2D eigenvalue weighted by molar-refractivity contribution is 5.22. The molecule has 2 fully saturated rings. The van der Waals surface area contributed by atoms with Gasteiger partial charge < -0.3 is 10.2 Å². The highest BCUT2D eigenvalue weighted by atomic mass is 19.1. The molecule has 110 valence electrons. The van der Waals surface area contributed by atoms with Crippen molar-refractivity contribution >= 4 is 0 Å². The van der Waals surface area contributed by atoms with Crippen molar-refractivity contribution in [2.24, 2.45) is 11.8 Å². The maximum absolute atomic E-state index is 13.1. The topological polar surface area (TPSA) is 15.3 Å². The first-order valence-electron chi connectivity index (χ1n) is 7.90. The summed E-state index contributed by atoms with van der Waals surface area (Å²) < 4.78 is 13.1. The summed E-state index contributed by atoms with van der Waals surface area (Å²) in [6.07, 6.45) is 5.21. The molecular weight excluding hydrogens is 251 g/mol. The number of rotatable bonds is 5. The third-order valence-electron chi connectivity index (χ3n) is 4.79. The van der Waals surface area contributed by atoms with Gasteiger partial charge in [0.25, 0.3) is 0 Å². The number of hydrogen-bond acceptors (Lipinski definition) is 2. The van der Waals surface area contributed by atoms with Gasteiger partial charge in [0.15, 0.2) is 0 Å². The summed E-state index contributed by atoms with van der Waals surface area (Å²) >= 11 is 0. The van der Waals surface area contributed by atoms with Crippen LogP contribution in [0, 0.1) is 17.7 Å². The third-order valence-corrected chi connectivity index (χ3v) is 4.79.